The van der Waals surface area contributed by atoms with E-state index in [1.54, 1.807) is 29.4 Å². The summed E-state index contributed by atoms with van der Waals surface area (Å²) >= 11 is 0. The van der Waals surface area contributed by atoms with E-state index < -0.39 is 30.5 Å². The summed E-state index contributed by atoms with van der Waals surface area (Å²) in [6.07, 6.45) is -0.0468. The molecule has 0 radical (unpaired) electrons. The lowest BCUT2D eigenvalue weighted by atomic mass is 10.1. The van der Waals surface area contributed by atoms with E-state index in [0.29, 0.717) is 48.5 Å². The Morgan fingerprint density at radius 2 is 1.87 bits per heavy atom. The van der Waals surface area contributed by atoms with Crippen molar-refractivity contribution >= 4 is 27.8 Å². The molecule has 0 aliphatic carbocycles. The molecule has 1 aliphatic heterocycles. The number of hydrogen-bond donors (Lipinski definition) is 1. The van der Waals surface area contributed by atoms with Gasteiger partial charge in [-0.1, -0.05) is 30.3 Å². The third-order valence-corrected chi connectivity index (χ3v) is 7.91. The lowest BCUT2D eigenvalue weighted by Gasteiger charge is -2.40. The lowest BCUT2D eigenvalue weighted by molar-refractivity contribution is -0.148. The van der Waals surface area contributed by atoms with Crippen LogP contribution in [0.1, 0.15) is 23.6 Å². The van der Waals surface area contributed by atoms with Gasteiger partial charge in [0.25, 0.3) is 0 Å². The molecule has 45 heavy (non-hydrogen) atoms. The van der Waals surface area contributed by atoms with Gasteiger partial charge in [-0.15, -0.1) is 0 Å². The highest BCUT2D eigenvalue weighted by molar-refractivity contribution is 5.85. The van der Waals surface area contributed by atoms with Crippen LogP contribution in [0.2, 0.25) is 0 Å². The topological polar surface area (TPSA) is 118 Å². The Hall–Kier alpha value is -5.24. The molecule has 7 rings (SSSR count). The summed E-state index contributed by atoms with van der Waals surface area (Å²) in [7, 11) is 1.54. The van der Waals surface area contributed by atoms with Crippen LogP contribution in [-0.4, -0.2) is 71.9 Å². The minimum Gasteiger partial charge on any atom is -0.480 e. The second kappa shape index (κ2) is 11.4. The summed E-state index contributed by atoms with van der Waals surface area (Å²) < 4.78 is 54.0. The van der Waals surface area contributed by atoms with E-state index >= 15 is 0 Å². The molecule has 1 fully saturated rings. The fourth-order valence-electron chi connectivity index (χ4n) is 5.81. The predicted octanol–water partition coefficient (Wildman–Crippen LogP) is 5.08. The van der Waals surface area contributed by atoms with Crippen molar-refractivity contribution in [2.24, 2.45) is 0 Å². The summed E-state index contributed by atoms with van der Waals surface area (Å²) in [6, 6.07) is 15.2. The van der Waals surface area contributed by atoms with E-state index in [1.807, 2.05) is 30.3 Å². The molecule has 1 atom stereocenters. The number of carbonyl (C=O) groups is 1. The molecule has 230 valence electrons. The van der Waals surface area contributed by atoms with Gasteiger partial charge in [-0.05, 0) is 24.3 Å². The first kappa shape index (κ1) is 28.5. The Morgan fingerprint density at radius 3 is 2.64 bits per heavy atom. The number of hydrogen-bond acceptors (Lipinski definition) is 8. The number of oxazole rings is 1. The smallest absolute Gasteiger partial charge is 0.449 e. The van der Waals surface area contributed by atoms with Gasteiger partial charge in [0.1, 0.15) is 24.7 Å². The van der Waals surface area contributed by atoms with Gasteiger partial charge in [-0.3, -0.25) is 9.69 Å². The number of alkyl halides is 3. The minimum absolute atomic E-state index is 0.165. The number of carbonyl (C=O) groups excluding carboxylic acids is 1. The van der Waals surface area contributed by atoms with Gasteiger partial charge in [0.05, 0.1) is 53.9 Å². The van der Waals surface area contributed by atoms with E-state index in [9.17, 15) is 18.0 Å². The van der Waals surface area contributed by atoms with Crippen LogP contribution in [0.3, 0.4) is 0 Å². The largest absolute Gasteiger partial charge is 0.480 e. The SMILES string of the molecule is COc1nc2ccccc2cc1-c1cnc([C@@H]2CN(Cc3ncco3)CCN2C(=O)Cn2c(C(F)(F)F)nc3ccccc32)[nH]1. The van der Waals surface area contributed by atoms with Gasteiger partial charge in [0.15, 0.2) is 0 Å². The number of benzene rings is 2. The van der Waals surface area contributed by atoms with Gasteiger partial charge in [-0.25, -0.2) is 19.9 Å². The highest BCUT2D eigenvalue weighted by Crippen LogP contribution is 2.34. The Morgan fingerprint density at radius 1 is 1.07 bits per heavy atom. The number of aromatic nitrogens is 6. The van der Waals surface area contributed by atoms with Crippen molar-refractivity contribution in [2.75, 3.05) is 26.7 Å². The van der Waals surface area contributed by atoms with Gasteiger partial charge in [-0.2, -0.15) is 13.2 Å². The van der Waals surface area contributed by atoms with Crippen molar-refractivity contribution < 1.29 is 27.1 Å². The second-order valence-corrected chi connectivity index (χ2v) is 10.7. The molecule has 0 bridgehead atoms. The van der Waals surface area contributed by atoms with Crippen molar-refractivity contribution in [1.82, 2.24) is 39.3 Å². The molecule has 0 spiro atoms. The first-order valence-electron chi connectivity index (χ1n) is 14.2. The predicted molar refractivity (Wildman–Crippen MR) is 157 cm³/mol. The number of methoxy groups -OCH3 is 1. The first-order chi connectivity index (χ1) is 21.8. The number of piperazine rings is 1. The standard InChI is InChI=1S/C31H27F3N8O3/c1-44-29-20(14-19-6-2-3-7-21(19)38-29)23-15-36-28(37-23)25-16-40(17-26-35-10-13-45-26)11-12-41(25)27(43)18-42-24-9-5-4-8-22(24)39-30(42)31(32,33)34/h2-10,13-15,25H,11-12,16-18H2,1H3,(H,36,37)/t25-/m0/s1. The quantitative estimate of drug-likeness (QED) is 0.264. The number of para-hydroxylation sites is 3. The zero-order valence-electron chi connectivity index (χ0n) is 24.0. The fourth-order valence-corrected chi connectivity index (χ4v) is 5.81. The zero-order valence-corrected chi connectivity index (χ0v) is 24.0. The normalized spacial score (nSPS) is 16.1. The van der Waals surface area contributed by atoms with Gasteiger partial charge < -0.3 is 23.6 Å². The van der Waals surface area contributed by atoms with Crippen molar-refractivity contribution in [1.29, 1.82) is 0 Å². The lowest BCUT2D eigenvalue weighted by Crippen LogP contribution is -2.51. The van der Waals surface area contributed by atoms with Crippen LogP contribution < -0.4 is 4.74 Å². The summed E-state index contributed by atoms with van der Waals surface area (Å²) in [4.78, 5) is 38.1. The van der Waals surface area contributed by atoms with Crippen molar-refractivity contribution in [3.8, 4) is 17.1 Å². The molecule has 1 N–H and O–H groups in total. The maximum atomic E-state index is 14.0. The summed E-state index contributed by atoms with van der Waals surface area (Å²) in [5.74, 6) is -0.227. The average Bonchev–Trinajstić information content (AvgIpc) is 3.81. The van der Waals surface area contributed by atoms with E-state index in [2.05, 4.69) is 29.8 Å². The number of halogens is 3. The Kier molecular flexibility index (Phi) is 7.20. The second-order valence-electron chi connectivity index (χ2n) is 10.7. The maximum Gasteiger partial charge on any atom is 0.449 e. The van der Waals surface area contributed by atoms with Crippen molar-refractivity contribution in [3.63, 3.8) is 0 Å². The molecule has 11 nitrogen and oxygen atoms in total. The van der Waals surface area contributed by atoms with E-state index in [0.717, 1.165) is 15.5 Å². The van der Waals surface area contributed by atoms with E-state index in [-0.39, 0.29) is 17.6 Å². The van der Waals surface area contributed by atoms with Crippen LogP contribution >= 0.6 is 0 Å². The number of pyridine rings is 1. The van der Waals surface area contributed by atoms with Crippen molar-refractivity contribution in [3.05, 3.63) is 90.8 Å². The molecule has 5 heterocycles. The third-order valence-electron chi connectivity index (χ3n) is 7.91. The van der Waals surface area contributed by atoms with Crippen LogP contribution in [0.15, 0.2) is 77.7 Å². The first-order valence-corrected chi connectivity index (χ1v) is 14.2. The van der Waals surface area contributed by atoms with E-state index in [4.69, 9.17) is 9.15 Å². The highest BCUT2D eigenvalue weighted by Gasteiger charge is 2.40. The Labute approximate surface area is 254 Å². The molecule has 0 saturated carbocycles. The molecule has 4 aromatic heterocycles. The Bertz CT molecular complexity index is 1990. The number of H-pyrrole nitrogens is 1. The van der Waals surface area contributed by atoms with Crippen LogP contribution in [-0.2, 0) is 24.1 Å². The van der Waals surface area contributed by atoms with Crippen molar-refractivity contribution in [2.45, 2.75) is 25.3 Å². The van der Waals surface area contributed by atoms with Crippen LogP contribution in [0.5, 0.6) is 5.88 Å². The van der Waals surface area contributed by atoms with Crippen LogP contribution in [0.4, 0.5) is 13.2 Å². The van der Waals surface area contributed by atoms with Gasteiger partial charge in [0.2, 0.25) is 23.5 Å². The molecular weight excluding hydrogens is 589 g/mol. The number of ether oxygens (including phenoxy) is 1. The monoisotopic (exact) mass is 616 g/mol. The Balaban J connectivity index is 1.23. The molecule has 6 aromatic rings. The number of nitrogens with zero attached hydrogens (tertiary/aromatic N) is 7. The molecule has 14 heteroatoms. The molecule has 0 unspecified atom stereocenters. The van der Waals surface area contributed by atoms with E-state index in [1.165, 1.54) is 25.5 Å². The van der Waals surface area contributed by atoms with Gasteiger partial charge in [0, 0.05) is 25.0 Å². The maximum absolute atomic E-state index is 14.0. The summed E-state index contributed by atoms with van der Waals surface area (Å²) in [5, 5.41) is 0.907. The average molecular weight is 617 g/mol. The molecule has 1 amide bonds. The summed E-state index contributed by atoms with van der Waals surface area (Å²) in [5.41, 5.74) is 2.47. The third kappa shape index (κ3) is 5.48. The number of imidazole rings is 2. The number of fused-ring (bicyclic) bond motifs is 2. The molecule has 2 aromatic carbocycles. The molecular formula is C31H27F3N8O3. The number of amides is 1. The fraction of sp³-hybridized carbons (Fsp3) is 0.258. The number of rotatable bonds is 7. The van der Waals surface area contributed by atoms with Crippen LogP contribution in [0.25, 0.3) is 33.2 Å². The molecule has 1 aliphatic rings. The summed E-state index contributed by atoms with van der Waals surface area (Å²) in [6.45, 7) is 0.894. The van der Waals surface area contributed by atoms with Gasteiger partial charge >= 0.3 is 6.18 Å². The zero-order chi connectivity index (χ0) is 31.1. The molecule has 1 saturated heterocycles. The minimum atomic E-state index is -4.74. The highest BCUT2D eigenvalue weighted by atomic mass is 19.4. The number of nitrogens with one attached hydrogen (secondary N) is 1. The van der Waals surface area contributed by atoms with Crippen LogP contribution in [0, 0.1) is 0 Å². The number of aromatic amines is 1.